The molecule has 5 heteroatoms. The van der Waals surface area contributed by atoms with E-state index in [1.54, 1.807) is 0 Å². The third kappa shape index (κ3) is 5.55. The van der Waals surface area contributed by atoms with Crippen LogP contribution in [0, 0.1) is 0 Å². The Hall–Kier alpha value is -0.580. The Morgan fingerprint density at radius 1 is 1.70 bits per heavy atom. The van der Waals surface area contributed by atoms with Crippen LogP contribution in [0.4, 0.5) is 0 Å². The summed E-state index contributed by atoms with van der Waals surface area (Å²) in [5.74, 6) is -0.424. The molecule has 1 amide bonds. The van der Waals surface area contributed by atoms with Crippen molar-refractivity contribution < 1.29 is 14.4 Å². The van der Waals surface area contributed by atoms with Crippen molar-refractivity contribution >= 4 is 28.3 Å². The first-order valence-corrected chi connectivity index (χ1v) is 3.88. The second kappa shape index (κ2) is 6.54. The molecule has 4 nitrogen and oxygen atoms in total. The van der Waals surface area contributed by atoms with Gasteiger partial charge in [-0.3, -0.25) is 4.79 Å². The lowest BCUT2D eigenvalue weighted by molar-refractivity contribution is -0.154. The fourth-order valence-electron chi connectivity index (χ4n) is 0.352. The Bertz CT molecular complexity index is 117. The number of hydrogen-bond acceptors (Lipinski definition) is 3. The minimum Gasteiger partial charge on any atom is -0.341 e. The SMILES string of the molecule is O=CNOC(=O)CCCBr. The summed E-state index contributed by atoms with van der Waals surface area (Å²) in [6, 6.07) is 0. The van der Waals surface area contributed by atoms with Gasteiger partial charge in [0, 0.05) is 11.8 Å². The van der Waals surface area contributed by atoms with E-state index in [0.717, 1.165) is 5.33 Å². The number of carbonyl (C=O) groups excluding carboxylic acids is 2. The fraction of sp³-hybridized carbons (Fsp3) is 0.600. The molecular formula is C5H8BrNO3. The van der Waals surface area contributed by atoms with Gasteiger partial charge in [-0.15, -0.1) is 0 Å². The van der Waals surface area contributed by atoms with Gasteiger partial charge in [-0.25, -0.2) is 4.79 Å². The molecule has 0 saturated carbocycles. The smallest absolute Gasteiger partial charge is 0.332 e. The zero-order chi connectivity index (χ0) is 7.82. The summed E-state index contributed by atoms with van der Waals surface area (Å²) in [4.78, 5) is 24.3. The van der Waals surface area contributed by atoms with Crippen molar-refractivity contribution in [1.82, 2.24) is 5.48 Å². The van der Waals surface area contributed by atoms with Gasteiger partial charge >= 0.3 is 5.97 Å². The minimum atomic E-state index is -0.424. The van der Waals surface area contributed by atoms with Gasteiger partial charge in [0.1, 0.15) is 0 Å². The minimum absolute atomic E-state index is 0.312. The van der Waals surface area contributed by atoms with E-state index in [2.05, 4.69) is 20.8 Å². The molecule has 0 aliphatic rings. The predicted molar refractivity (Wildman–Crippen MR) is 38.3 cm³/mol. The number of halogens is 1. The summed E-state index contributed by atoms with van der Waals surface area (Å²) >= 11 is 3.15. The highest BCUT2D eigenvalue weighted by molar-refractivity contribution is 9.09. The molecule has 0 heterocycles. The van der Waals surface area contributed by atoms with E-state index in [0.29, 0.717) is 19.3 Å². The first-order chi connectivity index (χ1) is 4.81. The van der Waals surface area contributed by atoms with Gasteiger partial charge in [-0.05, 0) is 6.42 Å². The largest absolute Gasteiger partial charge is 0.341 e. The van der Waals surface area contributed by atoms with Gasteiger partial charge in [-0.2, -0.15) is 5.48 Å². The standard InChI is InChI=1S/C5H8BrNO3/c6-3-1-2-5(9)10-7-4-8/h4H,1-3H2,(H,7,8). The van der Waals surface area contributed by atoms with Crippen molar-refractivity contribution in [3.05, 3.63) is 0 Å². The highest BCUT2D eigenvalue weighted by Gasteiger charge is 1.99. The van der Waals surface area contributed by atoms with Crippen LogP contribution in [0.5, 0.6) is 0 Å². The molecule has 0 aliphatic heterocycles. The quantitative estimate of drug-likeness (QED) is 0.405. The molecule has 0 saturated heterocycles. The first-order valence-electron chi connectivity index (χ1n) is 2.76. The summed E-state index contributed by atoms with van der Waals surface area (Å²) in [5, 5.41) is 0.753. The van der Waals surface area contributed by atoms with E-state index >= 15 is 0 Å². The van der Waals surface area contributed by atoms with Crippen LogP contribution in [0.1, 0.15) is 12.8 Å². The normalized spacial score (nSPS) is 8.50. The fourth-order valence-corrected chi connectivity index (χ4v) is 0.632. The Morgan fingerprint density at radius 3 is 2.90 bits per heavy atom. The maximum absolute atomic E-state index is 10.5. The van der Waals surface area contributed by atoms with E-state index in [9.17, 15) is 9.59 Å². The van der Waals surface area contributed by atoms with Crippen molar-refractivity contribution in [2.75, 3.05) is 5.33 Å². The number of hydroxylamine groups is 1. The van der Waals surface area contributed by atoms with Crippen molar-refractivity contribution in [3.63, 3.8) is 0 Å². The van der Waals surface area contributed by atoms with Gasteiger partial charge in [-0.1, -0.05) is 15.9 Å². The van der Waals surface area contributed by atoms with Crippen molar-refractivity contribution in [2.24, 2.45) is 0 Å². The number of alkyl halides is 1. The average molecular weight is 210 g/mol. The third-order valence-electron chi connectivity index (χ3n) is 0.735. The van der Waals surface area contributed by atoms with Crippen LogP contribution in [0.2, 0.25) is 0 Å². The van der Waals surface area contributed by atoms with Crippen LogP contribution < -0.4 is 5.48 Å². The third-order valence-corrected chi connectivity index (χ3v) is 1.30. The monoisotopic (exact) mass is 209 g/mol. The van der Waals surface area contributed by atoms with Crippen LogP contribution in [-0.4, -0.2) is 17.7 Å². The Morgan fingerprint density at radius 2 is 2.40 bits per heavy atom. The summed E-state index contributed by atoms with van der Waals surface area (Å²) in [7, 11) is 0. The zero-order valence-electron chi connectivity index (χ0n) is 5.30. The molecule has 0 aromatic rings. The summed E-state index contributed by atoms with van der Waals surface area (Å²) < 4.78 is 0. The average Bonchev–Trinajstić information content (AvgIpc) is 1.97. The number of nitrogens with one attached hydrogen (secondary N) is 1. The Kier molecular flexibility index (Phi) is 6.16. The van der Waals surface area contributed by atoms with Crippen LogP contribution in [-0.2, 0) is 14.4 Å². The lowest BCUT2D eigenvalue weighted by Crippen LogP contribution is -2.17. The van der Waals surface area contributed by atoms with E-state index in [4.69, 9.17) is 0 Å². The molecule has 0 atom stereocenters. The molecule has 0 radical (unpaired) electrons. The molecule has 0 fully saturated rings. The maximum atomic E-state index is 10.5. The first kappa shape index (κ1) is 9.42. The van der Waals surface area contributed by atoms with Gasteiger partial charge in [0.15, 0.2) is 0 Å². The molecule has 58 valence electrons. The summed E-state index contributed by atoms with van der Waals surface area (Å²) in [6.07, 6.45) is 1.33. The van der Waals surface area contributed by atoms with Gasteiger partial charge < -0.3 is 4.84 Å². The van der Waals surface area contributed by atoms with E-state index in [1.807, 2.05) is 5.48 Å². The number of carbonyl (C=O) groups is 2. The number of hydrogen-bond donors (Lipinski definition) is 1. The van der Waals surface area contributed by atoms with Crippen molar-refractivity contribution in [3.8, 4) is 0 Å². The number of amides is 1. The van der Waals surface area contributed by atoms with Crippen LogP contribution >= 0.6 is 15.9 Å². The summed E-state index contributed by atoms with van der Waals surface area (Å²) in [5.41, 5.74) is 1.81. The van der Waals surface area contributed by atoms with Crippen molar-refractivity contribution in [2.45, 2.75) is 12.8 Å². The Labute approximate surface area is 67.0 Å². The van der Waals surface area contributed by atoms with Crippen molar-refractivity contribution in [1.29, 1.82) is 0 Å². The molecule has 1 N–H and O–H groups in total. The van der Waals surface area contributed by atoms with E-state index in [1.165, 1.54) is 0 Å². The van der Waals surface area contributed by atoms with Crippen LogP contribution in [0.3, 0.4) is 0 Å². The van der Waals surface area contributed by atoms with Crippen LogP contribution in [0.25, 0.3) is 0 Å². The lowest BCUT2D eigenvalue weighted by Gasteiger charge is -1.97. The van der Waals surface area contributed by atoms with Gasteiger partial charge in [0.05, 0.1) is 0 Å². The zero-order valence-corrected chi connectivity index (χ0v) is 6.89. The lowest BCUT2D eigenvalue weighted by atomic mass is 10.3. The van der Waals surface area contributed by atoms with Gasteiger partial charge in [0.25, 0.3) is 0 Å². The second-order valence-corrected chi connectivity index (χ2v) is 2.30. The predicted octanol–water partition coefficient (Wildman–Crippen LogP) is 0.366. The molecule has 0 rings (SSSR count). The molecule has 0 bridgehead atoms. The molecule has 0 aromatic heterocycles. The van der Waals surface area contributed by atoms with E-state index in [-0.39, 0.29) is 0 Å². The molecule has 0 aromatic carbocycles. The summed E-state index contributed by atoms with van der Waals surface area (Å²) in [6.45, 7) is 0. The highest BCUT2D eigenvalue weighted by Crippen LogP contribution is 1.94. The molecule has 0 spiro atoms. The number of rotatable bonds is 5. The maximum Gasteiger partial charge on any atom is 0.332 e. The molecular weight excluding hydrogens is 202 g/mol. The Balaban J connectivity index is 3.16. The highest BCUT2D eigenvalue weighted by atomic mass is 79.9. The second-order valence-electron chi connectivity index (χ2n) is 1.50. The molecule has 10 heavy (non-hydrogen) atoms. The molecule has 0 aliphatic carbocycles. The van der Waals surface area contributed by atoms with Crippen LogP contribution in [0.15, 0.2) is 0 Å². The van der Waals surface area contributed by atoms with Gasteiger partial charge in [0.2, 0.25) is 6.41 Å². The van der Waals surface area contributed by atoms with E-state index < -0.39 is 5.97 Å². The topological polar surface area (TPSA) is 55.4 Å². The molecule has 0 unspecified atom stereocenters.